The lowest BCUT2D eigenvalue weighted by Gasteiger charge is -2.12. The highest BCUT2D eigenvalue weighted by Gasteiger charge is 2.14. The zero-order valence-electron chi connectivity index (χ0n) is 11.4. The molecule has 1 N–H and O–H groups in total. The minimum Gasteiger partial charge on any atom is -0.497 e. The van der Waals surface area contributed by atoms with Gasteiger partial charge in [0.2, 0.25) is 0 Å². The van der Waals surface area contributed by atoms with Crippen molar-refractivity contribution in [3.05, 3.63) is 52.3 Å². The van der Waals surface area contributed by atoms with Crippen LogP contribution in [0, 0.1) is 5.82 Å². The molecule has 0 heterocycles. The van der Waals surface area contributed by atoms with Gasteiger partial charge in [0.05, 0.1) is 25.5 Å². The van der Waals surface area contributed by atoms with Gasteiger partial charge in [-0.05, 0) is 30.3 Å². The Labute approximate surface area is 130 Å². The molecule has 4 nitrogen and oxygen atoms in total. The molecule has 0 aliphatic rings. The van der Waals surface area contributed by atoms with Gasteiger partial charge in [-0.1, -0.05) is 15.9 Å². The Bertz CT molecular complexity index is 676. The first-order chi connectivity index (χ1) is 10.0. The molecule has 0 spiro atoms. The number of nitrogens with one attached hydrogen (secondary N) is 1. The minimum atomic E-state index is -0.602. The molecule has 0 unspecified atom stereocenters. The SMILES string of the molecule is COc1ccc(NC(=O)c2ccc(Br)cc2F)c(OC)c1. The Morgan fingerprint density at radius 2 is 1.90 bits per heavy atom. The van der Waals surface area contributed by atoms with Gasteiger partial charge < -0.3 is 14.8 Å². The van der Waals surface area contributed by atoms with Crippen LogP contribution in [0.3, 0.4) is 0 Å². The van der Waals surface area contributed by atoms with Crippen LogP contribution in [-0.4, -0.2) is 20.1 Å². The van der Waals surface area contributed by atoms with Gasteiger partial charge in [-0.15, -0.1) is 0 Å². The molecular formula is C15H13BrFNO3. The second-order valence-corrected chi connectivity index (χ2v) is 5.06. The highest BCUT2D eigenvalue weighted by atomic mass is 79.9. The lowest BCUT2D eigenvalue weighted by atomic mass is 10.2. The smallest absolute Gasteiger partial charge is 0.258 e. The van der Waals surface area contributed by atoms with Crippen molar-refractivity contribution in [3.8, 4) is 11.5 Å². The minimum absolute atomic E-state index is 0.0453. The molecule has 0 radical (unpaired) electrons. The van der Waals surface area contributed by atoms with Crippen molar-refractivity contribution < 1.29 is 18.7 Å². The monoisotopic (exact) mass is 353 g/mol. The summed E-state index contributed by atoms with van der Waals surface area (Å²) in [6.07, 6.45) is 0. The fourth-order valence-electron chi connectivity index (χ4n) is 1.77. The molecule has 1 amide bonds. The average Bonchev–Trinajstić information content (AvgIpc) is 2.47. The van der Waals surface area contributed by atoms with Gasteiger partial charge in [0.15, 0.2) is 0 Å². The maximum Gasteiger partial charge on any atom is 0.258 e. The van der Waals surface area contributed by atoms with Crippen molar-refractivity contribution in [1.29, 1.82) is 0 Å². The molecule has 0 fully saturated rings. The summed E-state index contributed by atoms with van der Waals surface area (Å²) in [4.78, 5) is 12.1. The van der Waals surface area contributed by atoms with Crippen LogP contribution in [0.2, 0.25) is 0 Å². The van der Waals surface area contributed by atoms with Gasteiger partial charge in [-0.3, -0.25) is 4.79 Å². The summed E-state index contributed by atoms with van der Waals surface area (Å²) < 4.78 is 24.6. The maximum atomic E-state index is 13.8. The lowest BCUT2D eigenvalue weighted by molar-refractivity contribution is 0.102. The van der Waals surface area contributed by atoms with E-state index in [1.807, 2.05) is 0 Å². The second kappa shape index (κ2) is 6.58. The van der Waals surface area contributed by atoms with E-state index in [1.54, 1.807) is 24.3 Å². The Morgan fingerprint density at radius 3 is 2.52 bits per heavy atom. The molecule has 0 aromatic heterocycles. The molecule has 6 heteroatoms. The van der Waals surface area contributed by atoms with Crippen LogP contribution in [0.5, 0.6) is 11.5 Å². The summed E-state index contributed by atoms with van der Waals surface area (Å²) in [7, 11) is 3.01. The summed E-state index contributed by atoms with van der Waals surface area (Å²) in [5, 5.41) is 2.61. The normalized spacial score (nSPS) is 10.1. The topological polar surface area (TPSA) is 47.6 Å². The Hall–Kier alpha value is -2.08. The van der Waals surface area contributed by atoms with Crippen molar-refractivity contribution in [2.24, 2.45) is 0 Å². The number of methoxy groups -OCH3 is 2. The summed E-state index contributed by atoms with van der Waals surface area (Å²) in [5.41, 5.74) is 0.390. The van der Waals surface area contributed by atoms with Crippen LogP contribution in [0.15, 0.2) is 40.9 Å². The Morgan fingerprint density at radius 1 is 1.14 bits per heavy atom. The van der Waals surface area contributed by atoms with E-state index in [0.717, 1.165) is 0 Å². The van der Waals surface area contributed by atoms with Crippen molar-refractivity contribution in [2.45, 2.75) is 0 Å². The highest BCUT2D eigenvalue weighted by molar-refractivity contribution is 9.10. The third-order valence-electron chi connectivity index (χ3n) is 2.83. The zero-order chi connectivity index (χ0) is 15.4. The van der Waals surface area contributed by atoms with Crippen molar-refractivity contribution >= 4 is 27.5 Å². The largest absolute Gasteiger partial charge is 0.497 e. The average molecular weight is 354 g/mol. The van der Waals surface area contributed by atoms with Crippen LogP contribution >= 0.6 is 15.9 Å². The van der Waals surface area contributed by atoms with E-state index in [4.69, 9.17) is 9.47 Å². The molecule has 0 saturated heterocycles. The van der Waals surface area contributed by atoms with E-state index < -0.39 is 11.7 Å². The fraction of sp³-hybridized carbons (Fsp3) is 0.133. The molecule has 0 aliphatic carbocycles. The molecule has 0 bridgehead atoms. The number of hydrogen-bond donors (Lipinski definition) is 1. The van der Waals surface area contributed by atoms with E-state index >= 15 is 0 Å². The number of ether oxygens (including phenoxy) is 2. The quantitative estimate of drug-likeness (QED) is 0.907. The third-order valence-corrected chi connectivity index (χ3v) is 3.33. The first-order valence-electron chi connectivity index (χ1n) is 6.03. The highest BCUT2D eigenvalue weighted by Crippen LogP contribution is 2.29. The summed E-state index contributed by atoms with van der Waals surface area (Å²) in [5.74, 6) is -0.127. The lowest BCUT2D eigenvalue weighted by Crippen LogP contribution is -2.14. The predicted molar refractivity (Wildman–Crippen MR) is 81.6 cm³/mol. The maximum absolute atomic E-state index is 13.8. The van der Waals surface area contributed by atoms with Crippen LogP contribution in [0.25, 0.3) is 0 Å². The summed E-state index contributed by atoms with van der Waals surface area (Å²) in [6, 6.07) is 9.18. The molecular weight excluding hydrogens is 341 g/mol. The number of carbonyl (C=O) groups is 1. The zero-order valence-corrected chi connectivity index (χ0v) is 13.0. The van der Waals surface area contributed by atoms with E-state index in [9.17, 15) is 9.18 Å². The number of amides is 1. The summed E-state index contributed by atoms with van der Waals surface area (Å²) >= 11 is 3.15. The molecule has 2 aromatic rings. The number of rotatable bonds is 4. The first kappa shape index (κ1) is 15.3. The van der Waals surface area contributed by atoms with E-state index in [1.165, 1.54) is 26.4 Å². The van der Waals surface area contributed by atoms with Crippen LogP contribution < -0.4 is 14.8 Å². The van der Waals surface area contributed by atoms with Crippen molar-refractivity contribution in [1.82, 2.24) is 0 Å². The van der Waals surface area contributed by atoms with Crippen LogP contribution in [-0.2, 0) is 0 Å². The van der Waals surface area contributed by atoms with Gasteiger partial charge in [0.1, 0.15) is 17.3 Å². The van der Waals surface area contributed by atoms with Gasteiger partial charge in [0, 0.05) is 10.5 Å². The number of halogens is 2. The van der Waals surface area contributed by atoms with E-state index in [-0.39, 0.29) is 5.56 Å². The molecule has 2 rings (SSSR count). The fourth-order valence-corrected chi connectivity index (χ4v) is 2.10. The van der Waals surface area contributed by atoms with Gasteiger partial charge in [-0.2, -0.15) is 0 Å². The molecule has 0 saturated carbocycles. The van der Waals surface area contributed by atoms with Crippen molar-refractivity contribution in [2.75, 3.05) is 19.5 Å². The standard InChI is InChI=1S/C15H13BrFNO3/c1-20-10-4-6-13(14(8-10)21-2)18-15(19)11-5-3-9(16)7-12(11)17/h3-8H,1-2H3,(H,18,19). The second-order valence-electron chi connectivity index (χ2n) is 4.14. The molecule has 0 aliphatic heterocycles. The van der Waals surface area contributed by atoms with E-state index in [2.05, 4.69) is 21.2 Å². The van der Waals surface area contributed by atoms with Gasteiger partial charge in [0.25, 0.3) is 5.91 Å². The molecule has 21 heavy (non-hydrogen) atoms. The number of anilines is 1. The predicted octanol–water partition coefficient (Wildman–Crippen LogP) is 3.86. The number of carbonyl (C=O) groups excluding carboxylic acids is 1. The molecule has 110 valence electrons. The molecule has 2 aromatic carbocycles. The Balaban J connectivity index is 2.27. The number of hydrogen-bond acceptors (Lipinski definition) is 3. The van der Waals surface area contributed by atoms with Gasteiger partial charge in [-0.25, -0.2) is 4.39 Å². The van der Waals surface area contributed by atoms with Gasteiger partial charge >= 0.3 is 0 Å². The number of benzene rings is 2. The summed E-state index contributed by atoms with van der Waals surface area (Å²) in [6.45, 7) is 0. The first-order valence-corrected chi connectivity index (χ1v) is 6.83. The van der Waals surface area contributed by atoms with E-state index in [0.29, 0.717) is 21.7 Å². The van der Waals surface area contributed by atoms with Crippen molar-refractivity contribution in [3.63, 3.8) is 0 Å². The third kappa shape index (κ3) is 3.52. The van der Waals surface area contributed by atoms with Crippen LogP contribution in [0.4, 0.5) is 10.1 Å². The Kier molecular flexibility index (Phi) is 4.80. The van der Waals surface area contributed by atoms with Crippen LogP contribution in [0.1, 0.15) is 10.4 Å². The molecule has 0 atom stereocenters.